The molecule has 0 radical (unpaired) electrons. The number of benzene rings is 6. The van der Waals surface area contributed by atoms with Crippen molar-refractivity contribution in [3.63, 3.8) is 0 Å². The summed E-state index contributed by atoms with van der Waals surface area (Å²) in [7, 11) is 0. The average molecular weight is 570 g/mol. The molecular weight excluding hydrogens is 547 g/mol. The van der Waals surface area contributed by atoms with Gasteiger partial charge in [0.1, 0.15) is 0 Å². The smallest absolute Gasteiger partial charge is 0.0839 e. The Balaban J connectivity index is 1.39. The highest BCUT2D eigenvalue weighted by Crippen LogP contribution is 2.68. The van der Waals surface area contributed by atoms with E-state index in [0.717, 1.165) is 0 Å². The third kappa shape index (κ3) is 2.71. The van der Waals surface area contributed by atoms with Crippen LogP contribution in [-0.4, -0.2) is 0 Å². The Morgan fingerprint density at radius 2 is 1.05 bits per heavy atom. The van der Waals surface area contributed by atoms with Crippen LogP contribution >= 0.6 is 23.1 Å². The summed E-state index contributed by atoms with van der Waals surface area (Å²) in [6.07, 6.45) is 0. The fourth-order valence-electron chi connectivity index (χ4n) is 7.73. The van der Waals surface area contributed by atoms with Gasteiger partial charge in [-0.05, 0) is 64.2 Å². The number of hydrogen-bond donors (Lipinski definition) is 0. The van der Waals surface area contributed by atoms with E-state index in [2.05, 4.69) is 144 Å². The Morgan fingerprint density at radius 1 is 0.476 bits per heavy atom. The summed E-state index contributed by atoms with van der Waals surface area (Å²) < 4.78 is 1.35. The summed E-state index contributed by atoms with van der Waals surface area (Å²) in [4.78, 5) is 6.54. The third-order valence-electron chi connectivity index (χ3n) is 9.25. The van der Waals surface area contributed by atoms with E-state index in [9.17, 15) is 0 Å². The standard InChI is InChI=1S/C39H23NS2/c1-4-16-28-24(12-1)25-15-11-20-32(40-30-18-6-9-22-34(30)41-35-23-10-7-19-31(35)40)37(25)39(28)29-17-5-2-13-26(29)36-27-14-3-8-21-33(27)42-38(36)39/h1-23H. The predicted octanol–water partition coefficient (Wildman–Crippen LogP) is 11.2. The first kappa shape index (κ1) is 23.0. The van der Waals surface area contributed by atoms with Crippen molar-refractivity contribution < 1.29 is 0 Å². The lowest BCUT2D eigenvalue weighted by Crippen LogP contribution is -2.28. The number of rotatable bonds is 1. The minimum Gasteiger partial charge on any atom is -0.308 e. The van der Waals surface area contributed by atoms with Crippen LogP contribution in [0.1, 0.15) is 21.6 Å². The zero-order valence-electron chi connectivity index (χ0n) is 22.5. The molecule has 0 N–H and O–H groups in total. The Bertz CT molecular complexity index is 2210. The van der Waals surface area contributed by atoms with E-state index in [1.54, 1.807) is 0 Å². The molecule has 0 amide bonds. The van der Waals surface area contributed by atoms with Gasteiger partial charge in [0.25, 0.3) is 0 Å². The van der Waals surface area contributed by atoms with Crippen molar-refractivity contribution in [1.29, 1.82) is 0 Å². The monoisotopic (exact) mass is 569 g/mol. The summed E-state index contributed by atoms with van der Waals surface area (Å²) in [5.41, 5.74) is 12.9. The number of para-hydroxylation sites is 2. The van der Waals surface area contributed by atoms with Gasteiger partial charge in [-0.2, -0.15) is 0 Å². The van der Waals surface area contributed by atoms with Gasteiger partial charge in [-0.1, -0.05) is 115 Å². The number of anilines is 3. The maximum Gasteiger partial charge on any atom is 0.0839 e. The summed E-state index contributed by atoms with van der Waals surface area (Å²) in [5.74, 6) is 0. The molecule has 1 atom stereocenters. The lowest BCUT2D eigenvalue weighted by atomic mass is 9.73. The minimum absolute atomic E-state index is 0.396. The maximum absolute atomic E-state index is 2.53. The maximum atomic E-state index is 2.53. The molecule has 1 unspecified atom stereocenters. The Kier molecular flexibility index (Phi) is 4.53. The quantitative estimate of drug-likeness (QED) is 0.193. The van der Waals surface area contributed by atoms with Gasteiger partial charge in [-0.15, -0.1) is 11.3 Å². The van der Waals surface area contributed by atoms with Gasteiger partial charge in [0.05, 0.1) is 22.5 Å². The van der Waals surface area contributed by atoms with Crippen molar-refractivity contribution >= 4 is 50.2 Å². The van der Waals surface area contributed by atoms with Crippen molar-refractivity contribution in [2.75, 3.05) is 4.90 Å². The molecule has 3 heteroatoms. The van der Waals surface area contributed by atoms with E-state index in [0.29, 0.717) is 0 Å². The van der Waals surface area contributed by atoms with Gasteiger partial charge >= 0.3 is 0 Å². The molecular formula is C39H23NS2. The summed E-state index contributed by atoms with van der Waals surface area (Å²) in [6, 6.07) is 51.9. The molecule has 0 fully saturated rings. The van der Waals surface area contributed by atoms with Crippen molar-refractivity contribution in [2.24, 2.45) is 0 Å². The van der Waals surface area contributed by atoms with Crippen LogP contribution in [0.5, 0.6) is 0 Å². The molecule has 0 saturated heterocycles. The summed E-state index contributed by atoms with van der Waals surface area (Å²) in [6.45, 7) is 0. The molecule has 0 bridgehead atoms. The number of hydrogen-bond acceptors (Lipinski definition) is 3. The van der Waals surface area contributed by atoms with Crippen LogP contribution in [0.3, 0.4) is 0 Å². The van der Waals surface area contributed by atoms with Crippen LogP contribution in [0, 0.1) is 0 Å². The van der Waals surface area contributed by atoms with Gasteiger partial charge in [-0.3, -0.25) is 0 Å². The van der Waals surface area contributed by atoms with E-state index in [-0.39, 0.29) is 0 Å². The highest BCUT2D eigenvalue weighted by molar-refractivity contribution is 7.99. The highest BCUT2D eigenvalue weighted by Gasteiger charge is 2.55. The second-order valence-corrected chi connectivity index (χ2v) is 13.4. The van der Waals surface area contributed by atoms with Crippen molar-refractivity contribution in [3.05, 3.63) is 161 Å². The van der Waals surface area contributed by atoms with Crippen LogP contribution in [-0.2, 0) is 5.41 Å². The normalized spacial score (nSPS) is 17.0. The second-order valence-electron chi connectivity index (χ2n) is 11.2. The molecule has 2 aliphatic carbocycles. The van der Waals surface area contributed by atoms with Crippen LogP contribution in [0.15, 0.2) is 149 Å². The molecule has 1 aromatic heterocycles. The van der Waals surface area contributed by atoms with Crippen molar-refractivity contribution in [1.82, 2.24) is 0 Å². The van der Waals surface area contributed by atoms with E-state index in [4.69, 9.17) is 0 Å². The van der Waals surface area contributed by atoms with Crippen LogP contribution in [0.4, 0.5) is 17.1 Å². The van der Waals surface area contributed by atoms with E-state index >= 15 is 0 Å². The van der Waals surface area contributed by atoms with E-state index in [1.807, 2.05) is 23.1 Å². The molecule has 0 saturated carbocycles. The lowest BCUT2D eigenvalue weighted by molar-refractivity contribution is 0.810. The van der Waals surface area contributed by atoms with Crippen LogP contribution < -0.4 is 4.90 Å². The Hall–Kier alpha value is -4.57. The van der Waals surface area contributed by atoms with Crippen LogP contribution in [0.25, 0.3) is 32.3 Å². The molecule has 1 aliphatic heterocycles. The van der Waals surface area contributed by atoms with Crippen molar-refractivity contribution in [3.8, 4) is 22.3 Å². The second kappa shape index (κ2) is 8.25. The number of fused-ring (bicyclic) bond motifs is 14. The molecule has 1 nitrogen and oxygen atoms in total. The van der Waals surface area contributed by atoms with Gasteiger partial charge in [0, 0.05) is 35.9 Å². The number of nitrogens with zero attached hydrogens (tertiary/aromatic N) is 1. The summed E-state index contributed by atoms with van der Waals surface area (Å²) >= 11 is 3.84. The molecule has 1 spiro atoms. The highest BCUT2D eigenvalue weighted by atomic mass is 32.2. The molecule has 10 rings (SSSR count). The minimum atomic E-state index is -0.396. The number of thiophene rings is 1. The van der Waals surface area contributed by atoms with Crippen molar-refractivity contribution in [2.45, 2.75) is 15.2 Å². The summed E-state index contributed by atoms with van der Waals surface area (Å²) in [5, 5.41) is 1.36. The fourth-order valence-corrected chi connectivity index (χ4v) is 10.2. The lowest BCUT2D eigenvalue weighted by Gasteiger charge is -2.38. The largest absolute Gasteiger partial charge is 0.308 e. The van der Waals surface area contributed by atoms with E-state index in [1.165, 1.54) is 80.8 Å². The first-order valence-corrected chi connectivity index (χ1v) is 16.0. The molecule has 196 valence electrons. The SMILES string of the molecule is c1ccc2c(c1)Sc1ccccc1N2c1cccc2c1C1(c3ccccc3-2)c2ccccc2-c2c1sc1ccccc21. The zero-order chi connectivity index (χ0) is 27.4. The van der Waals surface area contributed by atoms with Crippen LogP contribution in [0.2, 0.25) is 0 Å². The topological polar surface area (TPSA) is 3.24 Å². The predicted molar refractivity (Wildman–Crippen MR) is 177 cm³/mol. The first-order chi connectivity index (χ1) is 20.9. The van der Waals surface area contributed by atoms with E-state index < -0.39 is 5.41 Å². The molecule has 42 heavy (non-hydrogen) atoms. The Labute approximate surface area is 252 Å². The average Bonchev–Trinajstić information content (AvgIpc) is 3.67. The van der Waals surface area contributed by atoms with Gasteiger partial charge in [0.2, 0.25) is 0 Å². The molecule has 7 aromatic rings. The van der Waals surface area contributed by atoms with Gasteiger partial charge in [0.15, 0.2) is 0 Å². The molecule has 2 heterocycles. The zero-order valence-corrected chi connectivity index (χ0v) is 24.2. The van der Waals surface area contributed by atoms with Gasteiger partial charge in [-0.25, -0.2) is 0 Å². The van der Waals surface area contributed by atoms with Gasteiger partial charge < -0.3 is 4.90 Å². The molecule has 3 aliphatic rings. The third-order valence-corrected chi connectivity index (χ3v) is 11.7. The molecule has 6 aromatic carbocycles. The first-order valence-electron chi connectivity index (χ1n) is 14.4. The fraction of sp³-hybridized carbons (Fsp3) is 0.0256. The Morgan fingerprint density at radius 3 is 1.83 bits per heavy atom.